The van der Waals surface area contributed by atoms with Gasteiger partial charge in [-0.3, -0.25) is 0 Å². The quantitative estimate of drug-likeness (QED) is 0.846. The molecule has 1 unspecified atom stereocenters. The number of rotatable bonds is 4. The predicted octanol–water partition coefficient (Wildman–Crippen LogP) is 2.73. The van der Waals surface area contributed by atoms with Crippen molar-refractivity contribution in [3.05, 3.63) is 35.7 Å². The first-order chi connectivity index (χ1) is 9.36. The maximum Gasteiger partial charge on any atom is 0.256 e. The van der Waals surface area contributed by atoms with Gasteiger partial charge in [-0.05, 0) is 24.5 Å². The summed E-state index contributed by atoms with van der Waals surface area (Å²) >= 11 is 0. The van der Waals surface area contributed by atoms with E-state index in [9.17, 15) is 0 Å². The van der Waals surface area contributed by atoms with Crippen molar-refractivity contribution in [3.8, 4) is 11.4 Å². The van der Waals surface area contributed by atoms with Gasteiger partial charge in [0.1, 0.15) is 6.10 Å². The molecule has 19 heavy (non-hydrogen) atoms. The summed E-state index contributed by atoms with van der Waals surface area (Å²) < 4.78 is 15.9. The zero-order chi connectivity index (χ0) is 13.1. The molecule has 0 radical (unpaired) electrons. The number of ether oxygens (including phenoxy) is 2. The van der Waals surface area contributed by atoms with Crippen molar-refractivity contribution in [3.63, 3.8) is 0 Å². The molecule has 5 nitrogen and oxygen atoms in total. The van der Waals surface area contributed by atoms with E-state index in [1.165, 1.54) is 0 Å². The lowest BCUT2D eigenvalue weighted by molar-refractivity contribution is 0.0835. The molecule has 2 aromatic rings. The first kappa shape index (κ1) is 12.3. The molecular formula is C14H16N2O3. The van der Waals surface area contributed by atoms with Crippen molar-refractivity contribution in [2.75, 3.05) is 13.7 Å². The first-order valence-electron chi connectivity index (χ1n) is 6.40. The van der Waals surface area contributed by atoms with Crippen LogP contribution in [-0.2, 0) is 16.1 Å². The monoisotopic (exact) mass is 260 g/mol. The van der Waals surface area contributed by atoms with Crippen molar-refractivity contribution in [1.82, 2.24) is 10.1 Å². The van der Waals surface area contributed by atoms with E-state index in [1.54, 1.807) is 7.11 Å². The van der Waals surface area contributed by atoms with Gasteiger partial charge in [0.2, 0.25) is 5.82 Å². The minimum atomic E-state index is -0.0385. The second kappa shape index (κ2) is 5.50. The summed E-state index contributed by atoms with van der Waals surface area (Å²) in [5.74, 6) is 1.17. The lowest BCUT2D eigenvalue weighted by atomic mass is 10.1. The first-order valence-corrected chi connectivity index (χ1v) is 6.40. The molecule has 2 heterocycles. The third-order valence-corrected chi connectivity index (χ3v) is 3.14. The maximum absolute atomic E-state index is 5.53. The number of hydrogen-bond acceptors (Lipinski definition) is 5. The van der Waals surface area contributed by atoms with Gasteiger partial charge >= 0.3 is 0 Å². The number of hydrogen-bond donors (Lipinski definition) is 0. The summed E-state index contributed by atoms with van der Waals surface area (Å²) in [6.07, 6.45) is 1.96. The molecule has 0 amide bonds. The molecule has 0 saturated carbocycles. The highest BCUT2D eigenvalue weighted by molar-refractivity contribution is 5.55. The van der Waals surface area contributed by atoms with Crippen LogP contribution in [0.2, 0.25) is 0 Å². The number of methoxy groups -OCH3 is 1. The maximum atomic E-state index is 5.53. The minimum Gasteiger partial charge on any atom is -0.380 e. The smallest absolute Gasteiger partial charge is 0.256 e. The minimum absolute atomic E-state index is 0.0385. The second-order valence-corrected chi connectivity index (χ2v) is 4.59. The lowest BCUT2D eigenvalue weighted by Gasteiger charge is -2.01. The van der Waals surface area contributed by atoms with Crippen molar-refractivity contribution in [2.24, 2.45) is 0 Å². The number of benzene rings is 1. The van der Waals surface area contributed by atoms with E-state index in [4.69, 9.17) is 14.0 Å². The summed E-state index contributed by atoms with van der Waals surface area (Å²) in [7, 11) is 1.68. The fourth-order valence-electron chi connectivity index (χ4n) is 2.22. The molecule has 0 N–H and O–H groups in total. The SMILES string of the molecule is COCc1cccc(-c2noc(C3CCCO3)n2)c1. The topological polar surface area (TPSA) is 57.4 Å². The summed E-state index contributed by atoms with van der Waals surface area (Å²) in [5, 5.41) is 4.03. The van der Waals surface area contributed by atoms with E-state index in [2.05, 4.69) is 10.1 Å². The fraction of sp³-hybridized carbons (Fsp3) is 0.429. The molecule has 1 aliphatic rings. The van der Waals surface area contributed by atoms with Crippen molar-refractivity contribution in [1.29, 1.82) is 0 Å². The van der Waals surface area contributed by atoms with Crippen LogP contribution in [0.25, 0.3) is 11.4 Å². The van der Waals surface area contributed by atoms with E-state index in [0.29, 0.717) is 18.3 Å². The highest BCUT2D eigenvalue weighted by Gasteiger charge is 2.24. The molecule has 0 spiro atoms. The highest BCUT2D eigenvalue weighted by Crippen LogP contribution is 2.28. The summed E-state index contributed by atoms with van der Waals surface area (Å²) in [6, 6.07) is 7.94. The Balaban J connectivity index is 1.83. The molecule has 1 aromatic carbocycles. The lowest BCUT2D eigenvalue weighted by Crippen LogP contribution is -1.95. The highest BCUT2D eigenvalue weighted by atomic mass is 16.5. The van der Waals surface area contributed by atoms with Crippen LogP contribution < -0.4 is 0 Å². The van der Waals surface area contributed by atoms with Crippen LogP contribution in [0.3, 0.4) is 0 Å². The molecule has 1 aromatic heterocycles. The Morgan fingerprint density at radius 3 is 3.16 bits per heavy atom. The second-order valence-electron chi connectivity index (χ2n) is 4.59. The van der Waals surface area contributed by atoms with Gasteiger partial charge in [-0.1, -0.05) is 23.4 Å². The van der Waals surface area contributed by atoms with Crippen LogP contribution in [0.5, 0.6) is 0 Å². The molecular weight excluding hydrogens is 244 g/mol. The third-order valence-electron chi connectivity index (χ3n) is 3.14. The average Bonchev–Trinajstić information content (AvgIpc) is 3.11. The molecule has 1 atom stereocenters. The van der Waals surface area contributed by atoms with Gasteiger partial charge in [0.15, 0.2) is 0 Å². The Morgan fingerprint density at radius 1 is 1.42 bits per heavy atom. The summed E-state index contributed by atoms with van der Waals surface area (Å²) in [5.41, 5.74) is 2.02. The number of aromatic nitrogens is 2. The summed E-state index contributed by atoms with van der Waals surface area (Å²) in [4.78, 5) is 4.42. The molecule has 1 saturated heterocycles. The van der Waals surface area contributed by atoms with Crippen LogP contribution in [-0.4, -0.2) is 23.9 Å². The Bertz CT molecular complexity index is 547. The van der Waals surface area contributed by atoms with Crippen LogP contribution in [0.4, 0.5) is 0 Å². The van der Waals surface area contributed by atoms with Gasteiger partial charge in [0.25, 0.3) is 5.89 Å². The van der Waals surface area contributed by atoms with Crippen LogP contribution in [0.1, 0.15) is 30.4 Å². The molecule has 3 rings (SSSR count). The Morgan fingerprint density at radius 2 is 2.37 bits per heavy atom. The van der Waals surface area contributed by atoms with Crippen molar-refractivity contribution < 1.29 is 14.0 Å². The molecule has 100 valence electrons. The van der Waals surface area contributed by atoms with Crippen LogP contribution >= 0.6 is 0 Å². The molecule has 0 aliphatic carbocycles. The van der Waals surface area contributed by atoms with Crippen molar-refractivity contribution in [2.45, 2.75) is 25.6 Å². The Labute approximate surface area is 111 Å². The molecule has 0 bridgehead atoms. The standard InChI is InChI=1S/C14H16N2O3/c1-17-9-10-4-2-5-11(8-10)13-15-14(19-16-13)12-6-3-7-18-12/h2,4-5,8,12H,3,6-7,9H2,1H3. The van der Waals surface area contributed by atoms with E-state index in [-0.39, 0.29) is 6.10 Å². The third kappa shape index (κ3) is 2.67. The predicted molar refractivity (Wildman–Crippen MR) is 68.4 cm³/mol. The normalized spacial score (nSPS) is 18.9. The van der Waals surface area contributed by atoms with E-state index >= 15 is 0 Å². The van der Waals surface area contributed by atoms with E-state index < -0.39 is 0 Å². The molecule has 1 aliphatic heterocycles. The van der Waals surface area contributed by atoms with Gasteiger partial charge in [-0.2, -0.15) is 4.98 Å². The zero-order valence-corrected chi connectivity index (χ0v) is 10.8. The van der Waals surface area contributed by atoms with Crippen LogP contribution in [0.15, 0.2) is 28.8 Å². The van der Waals surface area contributed by atoms with Crippen LogP contribution in [0, 0.1) is 0 Å². The average molecular weight is 260 g/mol. The molecule has 1 fully saturated rings. The van der Waals surface area contributed by atoms with E-state index in [0.717, 1.165) is 30.6 Å². The number of nitrogens with zero attached hydrogens (tertiary/aromatic N) is 2. The van der Waals surface area contributed by atoms with Gasteiger partial charge < -0.3 is 14.0 Å². The fourth-order valence-corrected chi connectivity index (χ4v) is 2.22. The van der Waals surface area contributed by atoms with Gasteiger partial charge in [-0.25, -0.2) is 0 Å². The van der Waals surface area contributed by atoms with E-state index in [1.807, 2.05) is 24.3 Å². The Kier molecular flexibility index (Phi) is 3.57. The largest absolute Gasteiger partial charge is 0.380 e. The zero-order valence-electron chi connectivity index (χ0n) is 10.8. The van der Waals surface area contributed by atoms with Gasteiger partial charge in [-0.15, -0.1) is 0 Å². The van der Waals surface area contributed by atoms with Gasteiger partial charge in [0, 0.05) is 19.3 Å². The Hall–Kier alpha value is -1.72. The van der Waals surface area contributed by atoms with Gasteiger partial charge in [0.05, 0.1) is 6.61 Å². The molecule has 5 heteroatoms. The van der Waals surface area contributed by atoms with Crippen molar-refractivity contribution >= 4 is 0 Å². The summed E-state index contributed by atoms with van der Waals surface area (Å²) in [6.45, 7) is 1.34.